The third-order valence-corrected chi connectivity index (χ3v) is 6.85. The topological polar surface area (TPSA) is 15.7 Å². The Bertz CT molecular complexity index is 1020. The highest BCUT2D eigenvalue weighted by atomic mass is 35.5. The molecule has 0 spiro atoms. The van der Waals surface area contributed by atoms with E-state index in [9.17, 15) is 0 Å². The third kappa shape index (κ3) is 5.50. The molecule has 0 unspecified atom stereocenters. The van der Waals surface area contributed by atoms with Gasteiger partial charge in [0, 0.05) is 32.7 Å². The van der Waals surface area contributed by atoms with E-state index in [1.807, 2.05) is 0 Å². The summed E-state index contributed by atoms with van der Waals surface area (Å²) in [6.07, 6.45) is 4.67. The maximum atomic E-state index is 5.39. The Labute approximate surface area is 204 Å². The molecule has 3 nitrogen and oxygen atoms in total. The summed E-state index contributed by atoms with van der Waals surface area (Å²) in [5.74, 6) is 0.961. The fourth-order valence-corrected chi connectivity index (χ4v) is 5.13. The lowest BCUT2D eigenvalue weighted by Crippen LogP contribution is -2.48. The molecule has 0 radical (unpaired) electrons. The Morgan fingerprint density at radius 3 is 2.03 bits per heavy atom. The normalized spacial score (nSPS) is 16.6. The van der Waals surface area contributed by atoms with Crippen LogP contribution in [0.1, 0.15) is 34.7 Å². The predicted octanol–water partition coefficient (Wildman–Crippen LogP) is 5.85. The molecule has 2 aliphatic rings. The summed E-state index contributed by atoms with van der Waals surface area (Å²) in [6, 6.07) is 28.7. The second-order valence-corrected chi connectivity index (χ2v) is 8.90. The van der Waals surface area contributed by atoms with Gasteiger partial charge in [-0.05, 0) is 47.2 Å². The fraction of sp³-hybridized carbons (Fsp3) is 0.310. The molecular weight excluding hydrogens is 428 g/mol. The molecule has 0 bridgehead atoms. The van der Waals surface area contributed by atoms with Crippen LogP contribution >= 0.6 is 12.4 Å². The SMILES string of the molecule is COc1ccc2c(c1)CCC(CN1CCN(C(c3ccccc3)c3ccccc3)CC1)=C2.Cl. The lowest BCUT2D eigenvalue weighted by atomic mass is 9.91. The highest BCUT2D eigenvalue weighted by Gasteiger charge is 2.26. The first-order valence-electron chi connectivity index (χ1n) is 11.7. The lowest BCUT2D eigenvalue weighted by Gasteiger charge is -2.40. The van der Waals surface area contributed by atoms with Gasteiger partial charge in [0.1, 0.15) is 5.75 Å². The van der Waals surface area contributed by atoms with E-state index in [-0.39, 0.29) is 12.4 Å². The summed E-state index contributed by atoms with van der Waals surface area (Å²) in [5, 5.41) is 0. The van der Waals surface area contributed by atoms with Gasteiger partial charge in [-0.2, -0.15) is 0 Å². The Morgan fingerprint density at radius 1 is 0.788 bits per heavy atom. The lowest BCUT2D eigenvalue weighted by molar-refractivity contribution is 0.115. The van der Waals surface area contributed by atoms with Crippen LogP contribution in [0.2, 0.25) is 0 Å². The number of fused-ring (bicyclic) bond motifs is 1. The molecule has 1 aliphatic heterocycles. The van der Waals surface area contributed by atoms with Crippen molar-refractivity contribution >= 4 is 18.5 Å². The van der Waals surface area contributed by atoms with Gasteiger partial charge in [-0.15, -0.1) is 12.4 Å². The van der Waals surface area contributed by atoms with E-state index in [1.165, 1.54) is 22.3 Å². The maximum absolute atomic E-state index is 5.39. The minimum atomic E-state index is 0. The number of hydrogen-bond donors (Lipinski definition) is 0. The van der Waals surface area contributed by atoms with Crippen LogP contribution in [0.25, 0.3) is 6.08 Å². The smallest absolute Gasteiger partial charge is 0.119 e. The van der Waals surface area contributed by atoms with Crippen molar-refractivity contribution in [1.29, 1.82) is 0 Å². The molecule has 3 aromatic rings. The van der Waals surface area contributed by atoms with Crippen LogP contribution in [-0.2, 0) is 6.42 Å². The summed E-state index contributed by atoms with van der Waals surface area (Å²) >= 11 is 0. The highest BCUT2D eigenvalue weighted by Crippen LogP contribution is 2.31. The van der Waals surface area contributed by atoms with Crippen LogP contribution < -0.4 is 4.74 Å². The summed E-state index contributed by atoms with van der Waals surface area (Å²) in [5.41, 5.74) is 7.09. The van der Waals surface area contributed by atoms with Gasteiger partial charge in [-0.25, -0.2) is 0 Å². The molecule has 0 amide bonds. The second-order valence-electron chi connectivity index (χ2n) is 8.90. The van der Waals surface area contributed by atoms with Crippen LogP contribution in [0.15, 0.2) is 84.4 Å². The Balaban J connectivity index is 0.00000259. The van der Waals surface area contributed by atoms with Crippen LogP contribution in [0, 0.1) is 0 Å². The van der Waals surface area contributed by atoms with E-state index in [0.29, 0.717) is 6.04 Å². The Kier molecular flexibility index (Phi) is 7.87. The predicted molar refractivity (Wildman–Crippen MR) is 139 cm³/mol. The molecule has 33 heavy (non-hydrogen) atoms. The molecule has 1 heterocycles. The van der Waals surface area contributed by atoms with Crippen molar-refractivity contribution in [2.45, 2.75) is 18.9 Å². The van der Waals surface area contributed by atoms with Crippen molar-refractivity contribution in [2.75, 3.05) is 39.8 Å². The van der Waals surface area contributed by atoms with E-state index in [1.54, 1.807) is 12.7 Å². The minimum absolute atomic E-state index is 0. The average Bonchev–Trinajstić information content (AvgIpc) is 2.86. The molecule has 0 aromatic heterocycles. The zero-order valence-electron chi connectivity index (χ0n) is 19.3. The zero-order valence-corrected chi connectivity index (χ0v) is 20.1. The zero-order chi connectivity index (χ0) is 21.8. The number of aryl methyl sites for hydroxylation is 1. The van der Waals surface area contributed by atoms with Gasteiger partial charge in [0.2, 0.25) is 0 Å². The van der Waals surface area contributed by atoms with E-state index >= 15 is 0 Å². The summed E-state index contributed by atoms with van der Waals surface area (Å²) in [4.78, 5) is 5.28. The molecule has 5 rings (SSSR count). The van der Waals surface area contributed by atoms with Crippen molar-refractivity contribution in [3.05, 3.63) is 107 Å². The van der Waals surface area contributed by atoms with E-state index in [4.69, 9.17) is 4.74 Å². The van der Waals surface area contributed by atoms with E-state index < -0.39 is 0 Å². The number of methoxy groups -OCH3 is 1. The first kappa shape index (κ1) is 23.6. The first-order valence-corrected chi connectivity index (χ1v) is 11.7. The molecule has 172 valence electrons. The standard InChI is InChI=1S/C29H32N2O.ClH/c1-32-28-15-14-26-20-23(12-13-27(26)21-28)22-30-16-18-31(19-17-30)29(24-8-4-2-5-9-24)25-10-6-3-7-11-25;/h2-11,14-15,20-21,29H,12-13,16-19,22H2,1H3;1H. The van der Waals surface area contributed by atoms with E-state index in [2.05, 4.69) is 94.7 Å². The monoisotopic (exact) mass is 460 g/mol. The van der Waals surface area contributed by atoms with Crippen LogP contribution in [0.4, 0.5) is 0 Å². The summed E-state index contributed by atoms with van der Waals surface area (Å²) in [6.45, 7) is 5.50. The fourth-order valence-electron chi connectivity index (χ4n) is 5.13. The number of piperazine rings is 1. The van der Waals surface area contributed by atoms with Crippen molar-refractivity contribution < 1.29 is 4.74 Å². The maximum Gasteiger partial charge on any atom is 0.119 e. The third-order valence-electron chi connectivity index (χ3n) is 6.85. The largest absolute Gasteiger partial charge is 0.497 e. The number of rotatable bonds is 6. The highest BCUT2D eigenvalue weighted by molar-refractivity contribution is 5.85. The van der Waals surface area contributed by atoms with Gasteiger partial charge in [0.05, 0.1) is 13.2 Å². The van der Waals surface area contributed by atoms with Gasteiger partial charge < -0.3 is 4.74 Å². The van der Waals surface area contributed by atoms with Crippen molar-refractivity contribution in [2.24, 2.45) is 0 Å². The molecule has 3 aromatic carbocycles. The van der Waals surface area contributed by atoms with Gasteiger partial charge >= 0.3 is 0 Å². The Hall–Kier alpha value is -2.59. The average molecular weight is 461 g/mol. The molecule has 4 heteroatoms. The van der Waals surface area contributed by atoms with Crippen LogP contribution in [0.5, 0.6) is 5.75 Å². The molecule has 0 N–H and O–H groups in total. The quantitative estimate of drug-likeness (QED) is 0.458. The number of ether oxygens (including phenoxy) is 1. The first-order chi connectivity index (χ1) is 15.8. The molecule has 1 fully saturated rings. The molecule has 0 atom stereocenters. The van der Waals surface area contributed by atoms with Gasteiger partial charge in [0.25, 0.3) is 0 Å². The number of nitrogens with zero attached hydrogens (tertiary/aromatic N) is 2. The van der Waals surface area contributed by atoms with Gasteiger partial charge in [-0.3, -0.25) is 9.80 Å². The Morgan fingerprint density at radius 2 is 1.42 bits per heavy atom. The van der Waals surface area contributed by atoms with Crippen LogP contribution in [0.3, 0.4) is 0 Å². The van der Waals surface area contributed by atoms with Crippen molar-refractivity contribution in [3.63, 3.8) is 0 Å². The molecule has 1 aliphatic carbocycles. The van der Waals surface area contributed by atoms with E-state index in [0.717, 1.165) is 51.3 Å². The van der Waals surface area contributed by atoms with Crippen molar-refractivity contribution in [1.82, 2.24) is 9.80 Å². The van der Waals surface area contributed by atoms with Gasteiger partial charge in [-0.1, -0.05) is 78.4 Å². The second kappa shape index (κ2) is 11.0. The summed E-state index contributed by atoms with van der Waals surface area (Å²) < 4.78 is 5.39. The number of halogens is 1. The minimum Gasteiger partial charge on any atom is -0.497 e. The van der Waals surface area contributed by atoms with Crippen molar-refractivity contribution in [3.8, 4) is 5.75 Å². The van der Waals surface area contributed by atoms with Gasteiger partial charge in [0.15, 0.2) is 0 Å². The molecule has 0 saturated carbocycles. The van der Waals surface area contributed by atoms with Crippen LogP contribution in [-0.4, -0.2) is 49.6 Å². The number of hydrogen-bond acceptors (Lipinski definition) is 3. The number of benzene rings is 3. The molecular formula is C29H33ClN2O. The summed E-state index contributed by atoms with van der Waals surface area (Å²) in [7, 11) is 1.74. The molecule has 1 saturated heterocycles.